The topological polar surface area (TPSA) is 58.2 Å². The molecule has 2 N–H and O–H groups in total. The molecule has 0 unspecified atom stereocenters. The number of carbonyl (C=O) groups is 2. The summed E-state index contributed by atoms with van der Waals surface area (Å²) in [5, 5.41) is 0. The Morgan fingerprint density at radius 1 is 1.00 bits per heavy atom. The number of carbonyl (C=O) groups excluding carboxylic acids is 2. The minimum Gasteiger partial charge on any atom is -0.268 e. The maximum atomic E-state index is 11.9. The summed E-state index contributed by atoms with van der Waals surface area (Å²) < 4.78 is 0.973. The summed E-state index contributed by atoms with van der Waals surface area (Å²) in [7, 11) is 0. The first-order valence-corrected chi connectivity index (χ1v) is 8.00. The molecule has 0 bridgehead atoms. The second-order valence-electron chi connectivity index (χ2n) is 4.88. The number of hydrogen-bond acceptors (Lipinski definition) is 2. The highest BCUT2D eigenvalue weighted by Gasteiger charge is 2.05. The van der Waals surface area contributed by atoms with Gasteiger partial charge in [-0.3, -0.25) is 20.4 Å². The van der Waals surface area contributed by atoms with Gasteiger partial charge in [-0.2, -0.15) is 0 Å². The molecule has 0 spiro atoms. The van der Waals surface area contributed by atoms with Crippen molar-refractivity contribution >= 4 is 33.8 Å². The van der Waals surface area contributed by atoms with E-state index in [1.807, 2.05) is 43.3 Å². The summed E-state index contributed by atoms with van der Waals surface area (Å²) in [5.74, 6) is -0.746. The first-order chi connectivity index (χ1) is 11.1. The van der Waals surface area contributed by atoms with Gasteiger partial charge >= 0.3 is 0 Å². The molecule has 0 radical (unpaired) electrons. The Morgan fingerprint density at radius 2 is 1.65 bits per heavy atom. The highest BCUT2D eigenvalue weighted by atomic mass is 79.9. The van der Waals surface area contributed by atoms with E-state index in [2.05, 4.69) is 26.8 Å². The molecular formula is C18H17BrN2O2. The molecule has 2 amide bonds. The first-order valence-electron chi connectivity index (χ1n) is 7.21. The van der Waals surface area contributed by atoms with Gasteiger partial charge in [-0.05, 0) is 47.9 Å². The van der Waals surface area contributed by atoms with E-state index >= 15 is 0 Å². The van der Waals surface area contributed by atoms with Crippen molar-refractivity contribution in [3.05, 3.63) is 75.8 Å². The normalized spacial score (nSPS) is 10.5. The van der Waals surface area contributed by atoms with E-state index in [1.54, 1.807) is 18.2 Å². The third-order valence-corrected chi connectivity index (χ3v) is 3.75. The average Bonchev–Trinajstić information content (AvgIpc) is 2.59. The zero-order valence-corrected chi connectivity index (χ0v) is 14.3. The molecule has 0 aromatic heterocycles. The van der Waals surface area contributed by atoms with Crippen molar-refractivity contribution in [3.8, 4) is 0 Å². The van der Waals surface area contributed by atoms with Crippen LogP contribution in [0, 0.1) is 0 Å². The molecule has 0 aliphatic rings. The van der Waals surface area contributed by atoms with Gasteiger partial charge in [-0.15, -0.1) is 0 Å². The van der Waals surface area contributed by atoms with Crippen molar-refractivity contribution in [1.82, 2.24) is 10.9 Å². The lowest BCUT2D eigenvalue weighted by Crippen LogP contribution is -2.40. The van der Waals surface area contributed by atoms with Gasteiger partial charge in [-0.25, -0.2) is 0 Å². The molecule has 0 atom stereocenters. The van der Waals surface area contributed by atoms with E-state index < -0.39 is 5.91 Å². The van der Waals surface area contributed by atoms with Crippen LogP contribution in [0.3, 0.4) is 0 Å². The van der Waals surface area contributed by atoms with Crippen molar-refractivity contribution in [3.63, 3.8) is 0 Å². The number of halogens is 1. The average molecular weight is 373 g/mol. The summed E-state index contributed by atoms with van der Waals surface area (Å²) >= 11 is 3.35. The fraction of sp³-hybridized carbons (Fsp3) is 0.111. The van der Waals surface area contributed by atoms with Crippen molar-refractivity contribution in [2.75, 3.05) is 0 Å². The quantitative estimate of drug-likeness (QED) is 0.637. The molecule has 0 aliphatic carbocycles. The predicted molar refractivity (Wildman–Crippen MR) is 94.6 cm³/mol. The highest BCUT2D eigenvalue weighted by molar-refractivity contribution is 9.10. The molecule has 5 heteroatoms. The lowest BCUT2D eigenvalue weighted by molar-refractivity contribution is -0.117. The molecule has 2 rings (SSSR count). The van der Waals surface area contributed by atoms with Crippen LogP contribution in [-0.2, 0) is 11.2 Å². The van der Waals surface area contributed by atoms with E-state index in [1.165, 1.54) is 6.08 Å². The van der Waals surface area contributed by atoms with Gasteiger partial charge in [0, 0.05) is 16.1 Å². The SMILES string of the molecule is CCc1ccc(C(=O)NNC(=O)/C=C/c2ccc(Br)cc2)cc1. The van der Waals surface area contributed by atoms with E-state index in [0.717, 1.165) is 22.0 Å². The van der Waals surface area contributed by atoms with E-state index in [4.69, 9.17) is 0 Å². The number of hydrazine groups is 1. The predicted octanol–water partition coefficient (Wildman–Crippen LogP) is 3.49. The summed E-state index contributed by atoms with van der Waals surface area (Å²) in [6, 6.07) is 14.8. The van der Waals surface area contributed by atoms with Gasteiger partial charge in [0.15, 0.2) is 0 Å². The van der Waals surface area contributed by atoms with E-state index in [0.29, 0.717) is 5.56 Å². The van der Waals surface area contributed by atoms with Gasteiger partial charge in [0.25, 0.3) is 11.8 Å². The molecule has 0 fully saturated rings. The molecule has 2 aromatic carbocycles. The lowest BCUT2D eigenvalue weighted by Gasteiger charge is -2.06. The van der Waals surface area contributed by atoms with Crippen LogP contribution in [-0.4, -0.2) is 11.8 Å². The van der Waals surface area contributed by atoms with Gasteiger partial charge < -0.3 is 0 Å². The number of nitrogens with one attached hydrogen (secondary N) is 2. The van der Waals surface area contributed by atoms with Crippen molar-refractivity contribution in [1.29, 1.82) is 0 Å². The molecule has 4 nitrogen and oxygen atoms in total. The fourth-order valence-corrected chi connectivity index (χ4v) is 2.13. The van der Waals surface area contributed by atoms with E-state index in [-0.39, 0.29) is 5.91 Å². The number of rotatable bonds is 4. The van der Waals surface area contributed by atoms with Crippen molar-refractivity contribution in [2.24, 2.45) is 0 Å². The molecule has 23 heavy (non-hydrogen) atoms. The van der Waals surface area contributed by atoms with Crippen LogP contribution < -0.4 is 10.9 Å². The maximum Gasteiger partial charge on any atom is 0.269 e. The Hall–Kier alpha value is -2.40. The Kier molecular flexibility index (Phi) is 6.11. The van der Waals surface area contributed by atoms with Crippen LogP contribution in [0.25, 0.3) is 6.08 Å². The van der Waals surface area contributed by atoms with Crippen molar-refractivity contribution in [2.45, 2.75) is 13.3 Å². The molecular weight excluding hydrogens is 356 g/mol. The number of aryl methyl sites for hydroxylation is 1. The standard InChI is InChI=1S/C18H17BrN2O2/c1-2-13-3-8-15(9-4-13)18(23)21-20-17(22)12-7-14-5-10-16(19)11-6-14/h3-12H,2H2,1H3,(H,20,22)(H,21,23)/b12-7+. The summed E-state index contributed by atoms with van der Waals surface area (Å²) in [6.07, 6.45) is 3.95. The zero-order chi connectivity index (χ0) is 16.7. The van der Waals surface area contributed by atoms with Crippen LogP contribution in [0.2, 0.25) is 0 Å². The van der Waals surface area contributed by atoms with Crippen LogP contribution >= 0.6 is 15.9 Å². The second kappa shape index (κ2) is 8.29. The van der Waals surface area contributed by atoms with Gasteiger partial charge in [0.05, 0.1) is 0 Å². The number of amides is 2. The fourth-order valence-electron chi connectivity index (χ4n) is 1.87. The number of benzene rings is 2. The molecule has 0 saturated heterocycles. The molecule has 118 valence electrons. The molecule has 0 aliphatic heterocycles. The maximum absolute atomic E-state index is 11.9. The smallest absolute Gasteiger partial charge is 0.268 e. The molecule has 2 aromatic rings. The minimum atomic E-state index is -0.397. The van der Waals surface area contributed by atoms with Gasteiger partial charge in [0.1, 0.15) is 0 Å². The minimum absolute atomic E-state index is 0.349. The number of hydrogen-bond donors (Lipinski definition) is 2. The van der Waals surface area contributed by atoms with Crippen LogP contribution in [0.5, 0.6) is 0 Å². The van der Waals surface area contributed by atoms with Gasteiger partial charge in [0.2, 0.25) is 0 Å². The summed E-state index contributed by atoms with van der Waals surface area (Å²) in [6.45, 7) is 2.05. The highest BCUT2D eigenvalue weighted by Crippen LogP contribution is 2.11. The largest absolute Gasteiger partial charge is 0.269 e. The second-order valence-corrected chi connectivity index (χ2v) is 5.79. The molecule has 0 heterocycles. The Bertz CT molecular complexity index is 707. The monoisotopic (exact) mass is 372 g/mol. The third kappa shape index (κ3) is 5.38. The Labute approximate surface area is 143 Å². The summed E-state index contributed by atoms with van der Waals surface area (Å²) in [4.78, 5) is 23.6. The van der Waals surface area contributed by atoms with Crippen LogP contribution in [0.4, 0.5) is 0 Å². The van der Waals surface area contributed by atoms with Crippen molar-refractivity contribution < 1.29 is 9.59 Å². The Morgan fingerprint density at radius 3 is 2.26 bits per heavy atom. The third-order valence-electron chi connectivity index (χ3n) is 3.22. The van der Waals surface area contributed by atoms with Crippen LogP contribution in [0.15, 0.2) is 59.1 Å². The van der Waals surface area contributed by atoms with Gasteiger partial charge in [-0.1, -0.05) is 47.1 Å². The lowest BCUT2D eigenvalue weighted by atomic mass is 10.1. The summed E-state index contributed by atoms with van der Waals surface area (Å²) in [5.41, 5.74) is 7.29. The zero-order valence-electron chi connectivity index (χ0n) is 12.7. The van der Waals surface area contributed by atoms with Crippen LogP contribution in [0.1, 0.15) is 28.4 Å². The Balaban J connectivity index is 1.85. The molecule has 0 saturated carbocycles. The van der Waals surface area contributed by atoms with E-state index in [9.17, 15) is 9.59 Å². The first kappa shape index (κ1) is 17.0.